The fourth-order valence-electron chi connectivity index (χ4n) is 7.34. The summed E-state index contributed by atoms with van der Waals surface area (Å²) in [4.78, 5) is 24.4. The molecule has 0 rings (SSSR count). The standard InChI is InChI=1S/C48H93NO5/c1-3-5-7-9-11-13-15-18-22-26-30-34-38-42-48(53)54-43-39-35-31-27-23-20-17-16-19-21-25-29-33-37-41-47(52)49-45(44-50)46(51)40-36-32-28-24-14-12-10-8-6-4-2/h36,40,45-46,50-51H,3-35,37-39,41-44H2,1-2H3,(H,49,52)/b40-36+. The highest BCUT2D eigenvalue weighted by Crippen LogP contribution is 2.16. The number of aliphatic hydroxyl groups excluding tert-OH is 2. The summed E-state index contributed by atoms with van der Waals surface area (Å²) in [5, 5.41) is 22.9. The largest absolute Gasteiger partial charge is 0.466 e. The van der Waals surface area contributed by atoms with Gasteiger partial charge in [0.15, 0.2) is 0 Å². The smallest absolute Gasteiger partial charge is 0.305 e. The predicted molar refractivity (Wildman–Crippen MR) is 232 cm³/mol. The molecule has 0 spiro atoms. The summed E-state index contributed by atoms with van der Waals surface area (Å²) in [6, 6.07) is -0.632. The Morgan fingerprint density at radius 2 is 0.852 bits per heavy atom. The van der Waals surface area contributed by atoms with Crippen molar-refractivity contribution in [3.8, 4) is 0 Å². The van der Waals surface area contributed by atoms with Crippen LogP contribution in [0.15, 0.2) is 12.2 Å². The van der Waals surface area contributed by atoms with Crippen LogP contribution in [0.5, 0.6) is 0 Å². The lowest BCUT2D eigenvalue weighted by atomic mass is 10.0. The molecule has 3 N–H and O–H groups in total. The van der Waals surface area contributed by atoms with Crippen molar-refractivity contribution < 1.29 is 24.5 Å². The quantitative estimate of drug-likeness (QED) is 0.0326. The van der Waals surface area contributed by atoms with Crippen molar-refractivity contribution >= 4 is 11.9 Å². The molecule has 0 aliphatic carbocycles. The van der Waals surface area contributed by atoms with Gasteiger partial charge in [0.05, 0.1) is 25.4 Å². The Bertz CT molecular complexity index is 802. The van der Waals surface area contributed by atoms with Crippen LogP contribution in [0.25, 0.3) is 0 Å². The van der Waals surface area contributed by atoms with Crippen LogP contribution in [0.1, 0.15) is 258 Å². The van der Waals surface area contributed by atoms with Crippen molar-refractivity contribution in [3.63, 3.8) is 0 Å². The van der Waals surface area contributed by atoms with Gasteiger partial charge in [-0.3, -0.25) is 9.59 Å². The zero-order valence-corrected chi connectivity index (χ0v) is 36.2. The summed E-state index contributed by atoms with van der Waals surface area (Å²) in [6.07, 6.45) is 49.2. The van der Waals surface area contributed by atoms with Gasteiger partial charge >= 0.3 is 5.97 Å². The molecule has 0 saturated heterocycles. The molecular weight excluding hydrogens is 671 g/mol. The van der Waals surface area contributed by atoms with E-state index >= 15 is 0 Å². The fraction of sp³-hybridized carbons (Fsp3) is 0.917. The van der Waals surface area contributed by atoms with E-state index in [1.165, 1.54) is 173 Å². The van der Waals surface area contributed by atoms with E-state index in [-0.39, 0.29) is 18.5 Å². The molecule has 0 radical (unpaired) electrons. The average Bonchev–Trinajstić information content (AvgIpc) is 3.17. The summed E-state index contributed by atoms with van der Waals surface area (Å²) in [5.41, 5.74) is 0. The van der Waals surface area contributed by atoms with Crippen LogP contribution >= 0.6 is 0 Å². The summed E-state index contributed by atoms with van der Waals surface area (Å²) < 4.78 is 5.45. The summed E-state index contributed by atoms with van der Waals surface area (Å²) in [6.45, 7) is 4.86. The minimum absolute atomic E-state index is 0.00243. The molecule has 2 atom stereocenters. The molecular formula is C48H93NO5. The monoisotopic (exact) mass is 764 g/mol. The molecule has 2 unspecified atom stereocenters. The van der Waals surface area contributed by atoms with E-state index in [1.807, 2.05) is 6.08 Å². The first-order chi connectivity index (χ1) is 26.5. The number of carbonyl (C=O) groups is 2. The second kappa shape index (κ2) is 44.3. The van der Waals surface area contributed by atoms with E-state index in [0.29, 0.717) is 19.4 Å². The van der Waals surface area contributed by atoms with Gasteiger partial charge in [-0.2, -0.15) is 0 Å². The number of hydrogen-bond donors (Lipinski definition) is 3. The summed E-state index contributed by atoms with van der Waals surface area (Å²) in [7, 11) is 0. The van der Waals surface area contributed by atoms with Crippen LogP contribution < -0.4 is 5.32 Å². The van der Waals surface area contributed by atoms with Crippen LogP contribution in [0.3, 0.4) is 0 Å². The number of nitrogens with one attached hydrogen (secondary N) is 1. The first kappa shape index (κ1) is 52.6. The van der Waals surface area contributed by atoms with Crippen LogP contribution in [0, 0.1) is 0 Å². The van der Waals surface area contributed by atoms with Crippen molar-refractivity contribution in [2.24, 2.45) is 0 Å². The van der Waals surface area contributed by atoms with Gasteiger partial charge in [0.1, 0.15) is 0 Å². The van der Waals surface area contributed by atoms with E-state index < -0.39 is 12.1 Å². The van der Waals surface area contributed by atoms with Gasteiger partial charge in [0.2, 0.25) is 5.91 Å². The molecule has 0 heterocycles. The van der Waals surface area contributed by atoms with E-state index in [9.17, 15) is 19.8 Å². The Labute approximate surface area is 336 Å². The van der Waals surface area contributed by atoms with Crippen molar-refractivity contribution in [1.82, 2.24) is 5.32 Å². The number of allylic oxidation sites excluding steroid dienone is 1. The Balaban J connectivity index is 3.44. The molecule has 320 valence electrons. The zero-order valence-electron chi connectivity index (χ0n) is 36.2. The number of aliphatic hydroxyl groups is 2. The molecule has 6 nitrogen and oxygen atoms in total. The molecule has 0 aromatic rings. The number of unbranched alkanes of at least 4 members (excludes halogenated alkanes) is 33. The maximum absolute atomic E-state index is 12.4. The van der Waals surface area contributed by atoms with E-state index in [1.54, 1.807) is 6.08 Å². The molecule has 0 aliphatic rings. The third-order valence-corrected chi connectivity index (χ3v) is 11.1. The van der Waals surface area contributed by atoms with Crippen LogP contribution in [0.2, 0.25) is 0 Å². The van der Waals surface area contributed by atoms with Crippen LogP contribution in [-0.2, 0) is 14.3 Å². The Morgan fingerprint density at radius 3 is 1.26 bits per heavy atom. The maximum atomic E-state index is 12.4. The highest BCUT2D eigenvalue weighted by atomic mass is 16.5. The summed E-state index contributed by atoms with van der Waals surface area (Å²) >= 11 is 0. The molecule has 0 fully saturated rings. The van der Waals surface area contributed by atoms with E-state index in [2.05, 4.69) is 19.2 Å². The molecule has 0 saturated carbocycles. The molecule has 0 bridgehead atoms. The van der Waals surface area contributed by atoms with Crippen LogP contribution in [0.4, 0.5) is 0 Å². The van der Waals surface area contributed by atoms with Gasteiger partial charge in [-0.25, -0.2) is 0 Å². The number of esters is 1. The molecule has 0 aliphatic heterocycles. The molecule has 6 heteroatoms. The van der Waals surface area contributed by atoms with Crippen molar-refractivity contribution in [2.75, 3.05) is 13.2 Å². The molecule has 54 heavy (non-hydrogen) atoms. The number of hydrogen-bond acceptors (Lipinski definition) is 5. The Kier molecular flexibility index (Phi) is 43.2. The van der Waals surface area contributed by atoms with Crippen LogP contribution in [-0.4, -0.2) is 47.4 Å². The number of ether oxygens (including phenoxy) is 1. The third kappa shape index (κ3) is 40.3. The lowest BCUT2D eigenvalue weighted by Crippen LogP contribution is -2.45. The fourth-order valence-corrected chi connectivity index (χ4v) is 7.34. The minimum Gasteiger partial charge on any atom is -0.466 e. The van der Waals surface area contributed by atoms with Gasteiger partial charge in [0, 0.05) is 12.8 Å². The normalized spacial score (nSPS) is 12.7. The minimum atomic E-state index is -0.848. The first-order valence-electron chi connectivity index (χ1n) is 24.0. The SMILES string of the molecule is CCCCCCCCCC/C=C/C(O)C(CO)NC(=O)CCCCCCCCCCCCCCCCOC(=O)CCCCCCCCCCCCCCC. The van der Waals surface area contributed by atoms with Gasteiger partial charge in [-0.1, -0.05) is 225 Å². The predicted octanol–water partition coefficient (Wildman–Crippen LogP) is 13.8. The van der Waals surface area contributed by atoms with E-state index in [0.717, 1.165) is 57.8 Å². The summed E-state index contributed by atoms with van der Waals surface area (Å²) in [5.74, 6) is -0.0826. The van der Waals surface area contributed by atoms with Crippen molar-refractivity contribution in [2.45, 2.75) is 270 Å². The van der Waals surface area contributed by atoms with Gasteiger partial charge in [0.25, 0.3) is 0 Å². The highest BCUT2D eigenvalue weighted by Gasteiger charge is 2.18. The molecule has 1 amide bonds. The average molecular weight is 764 g/mol. The molecule has 0 aromatic heterocycles. The zero-order chi connectivity index (χ0) is 39.4. The maximum Gasteiger partial charge on any atom is 0.305 e. The number of carbonyl (C=O) groups excluding carboxylic acids is 2. The second-order valence-corrected chi connectivity index (χ2v) is 16.5. The topological polar surface area (TPSA) is 95.9 Å². The van der Waals surface area contributed by atoms with Gasteiger partial charge in [-0.05, 0) is 32.1 Å². The number of amides is 1. The second-order valence-electron chi connectivity index (χ2n) is 16.5. The third-order valence-electron chi connectivity index (χ3n) is 11.1. The van der Waals surface area contributed by atoms with Crippen molar-refractivity contribution in [1.29, 1.82) is 0 Å². The van der Waals surface area contributed by atoms with E-state index in [4.69, 9.17) is 4.74 Å². The first-order valence-corrected chi connectivity index (χ1v) is 24.0. The number of rotatable bonds is 44. The lowest BCUT2D eigenvalue weighted by Gasteiger charge is -2.20. The lowest BCUT2D eigenvalue weighted by molar-refractivity contribution is -0.143. The Morgan fingerprint density at radius 1 is 0.500 bits per heavy atom. The highest BCUT2D eigenvalue weighted by molar-refractivity contribution is 5.76. The molecule has 0 aromatic carbocycles. The van der Waals surface area contributed by atoms with Gasteiger partial charge < -0.3 is 20.3 Å². The van der Waals surface area contributed by atoms with Crippen molar-refractivity contribution in [3.05, 3.63) is 12.2 Å². The Hall–Kier alpha value is -1.40. The van der Waals surface area contributed by atoms with Gasteiger partial charge in [-0.15, -0.1) is 0 Å².